The first-order valence-corrected chi connectivity index (χ1v) is 6.95. The molecule has 1 amide bonds. The van der Waals surface area contributed by atoms with Crippen LogP contribution >= 0.6 is 11.3 Å². The highest BCUT2D eigenvalue weighted by atomic mass is 32.1. The van der Waals surface area contributed by atoms with Crippen molar-refractivity contribution in [2.45, 2.75) is 0 Å². The lowest BCUT2D eigenvalue weighted by molar-refractivity contribution is -0.105. The fraction of sp³-hybridized carbons (Fsp3) is 0.0714. The van der Waals surface area contributed by atoms with Crippen LogP contribution in [-0.2, 0) is 4.79 Å². The molecule has 2 aromatic heterocycles. The molecule has 0 spiro atoms. The molecule has 5 nitrogen and oxygen atoms in total. The van der Waals surface area contributed by atoms with Crippen LogP contribution in [0.25, 0.3) is 21.3 Å². The van der Waals surface area contributed by atoms with Crippen molar-refractivity contribution in [3.8, 4) is 17.0 Å². The van der Waals surface area contributed by atoms with Crippen molar-refractivity contribution in [1.29, 1.82) is 0 Å². The molecule has 22 heavy (non-hydrogen) atoms. The number of amides is 1. The number of nitrogens with one attached hydrogen (secondary N) is 1. The van der Waals surface area contributed by atoms with Crippen LogP contribution in [0.4, 0.5) is 13.9 Å². The van der Waals surface area contributed by atoms with Crippen molar-refractivity contribution >= 4 is 33.1 Å². The van der Waals surface area contributed by atoms with Gasteiger partial charge in [-0.1, -0.05) is 11.3 Å². The number of pyridine rings is 1. The van der Waals surface area contributed by atoms with Crippen molar-refractivity contribution in [3.05, 3.63) is 36.0 Å². The highest BCUT2D eigenvalue weighted by Crippen LogP contribution is 2.39. The van der Waals surface area contributed by atoms with Gasteiger partial charge in [0.15, 0.2) is 5.13 Å². The number of anilines is 1. The number of carbonyl (C=O) groups is 1. The second kappa shape index (κ2) is 5.64. The number of halogens is 2. The summed E-state index contributed by atoms with van der Waals surface area (Å²) in [7, 11) is 1.43. The topological polar surface area (TPSA) is 64.1 Å². The zero-order valence-corrected chi connectivity index (χ0v) is 12.1. The summed E-state index contributed by atoms with van der Waals surface area (Å²) in [6.07, 6.45) is 1.88. The Bertz CT molecular complexity index is 867. The van der Waals surface area contributed by atoms with E-state index in [1.54, 1.807) is 0 Å². The van der Waals surface area contributed by atoms with E-state index in [2.05, 4.69) is 15.3 Å². The van der Waals surface area contributed by atoms with Crippen molar-refractivity contribution in [3.63, 3.8) is 0 Å². The molecule has 0 aliphatic heterocycles. The van der Waals surface area contributed by atoms with Gasteiger partial charge >= 0.3 is 0 Å². The molecule has 112 valence electrons. The van der Waals surface area contributed by atoms with Crippen LogP contribution in [0, 0.1) is 11.6 Å². The second-order valence-electron chi connectivity index (χ2n) is 4.26. The molecular weight excluding hydrogens is 312 g/mol. The van der Waals surface area contributed by atoms with Gasteiger partial charge in [0.25, 0.3) is 0 Å². The number of methoxy groups -OCH3 is 1. The summed E-state index contributed by atoms with van der Waals surface area (Å²) in [6.45, 7) is 0. The Hall–Kier alpha value is -2.61. The molecule has 0 unspecified atom stereocenters. The Balaban J connectivity index is 2.30. The summed E-state index contributed by atoms with van der Waals surface area (Å²) in [6, 6.07) is 3.18. The SMILES string of the molecule is COc1ncc(-c2cc(F)ccc2F)c2sc(NC=O)nc12. The molecule has 0 aliphatic rings. The minimum Gasteiger partial charge on any atom is -0.479 e. The third-order valence-electron chi connectivity index (χ3n) is 2.98. The molecule has 0 aliphatic carbocycles. The quantitative estimate of drug-likeness (QED) is 0.750. The lowest BCUT2D eigenvalue weighted by atomic mass is 10.1. The molecule has 0 bridgehead atoms. The van der Waals surface area contributed by atoms with E-state index >= 15 is 0 Å². The van der Waals surface area contributed by atoms with Gasteiger partial charge in [-0.15, -0.1) is 0 Å². The predicted molar refractivity (Wildman–Crippen MR) is 79.0 cm³/mol. The fourth-order valence-electron chi connectivity index (χ4n) is 2.05. The highest BCUT2D eigenvalue weighted by molar-refractivity contribution is 7.22. The summed E-state index contributed by atoms with van der Waals surface area (Å²) < 4.78 is 33.1. The lowest BCUT2D eigenvalue weighted by Crippen LogP contribution is -1.93. The minimum atomic E-state index is -0.576. The molecule has 0 atom stereocenters. The van der Waals surface area contributed by atoms with E-state index in [-0.39, 0.29) is 11.4 Å². The Kier molecular flexibility index (Phi) is 3.68. The zero-order chi connectivity index (χ0) is 15.7. The molecule has 3 aromatic rings. The van der Waals surface area contributed by atoms with Gasteiger partial charge in [-0.2, -0.15) is 0 Å². The van der Waals surface area contributed by atoms with Crippen molar-refractivity contribution in [1.82, 2.24) is 9.97 Å². The van der Waals surface area contributed by atoms with Crippen molar-refractivity contribution in [2.24, 2.45) is 0 Å². The van der Waals surface area contributed by atoms with Crippen LogP contribution in [-0.4, -0.2) is 23.5 Å². The molecule has 0 saturated heterocycles. The van der Waals surface area contributed by atoms with Crippen molar-refractivity contribution in [2.75, 3.05) is 12.4 Å². The summed E-state index contributed by atoms with van der Waals surface area (Å²) in [4.78, 5) is 18.8. The normalized spacial score (nSPS) is 10.7. The summed E-state index contributed by atoms with van der Waals surface area (Å²) >= 11 is 1.12. The third-order valence-corrected chi connectivity index (χ3v) is 4.00. The molecular formula is C14H9F2N3O2S. The monoisotopic (exact) mass is 321 g/mol. The van der Waals surface area contributed by atoms with Crippen LogP contribution in [0.15, 0.2) is 24.4 Å². The number of nitrogens with zero attached hydrogens (tertiary/aromatic N) is 2. The fourth-order valence-corrected chi connectivity index (χ4v) is 2.99. The predicted octanol–water partition coefficient (Wildman–Crippen LogP) is 3.21. The van der Waals surface area contributed by atoms with Crippen LogP contribution in [0.5, 0.6) is 5.88 Å². The van der Waals surface area contributed by atoms with Gasteiger partial charge in [-0.3, -0.25) is 4.79 Å². The number of hydrogen-bond acceptors (Lipinski definition) is 5. The van der Waals surface area contributed by atoms with E-state index in [9.17, 15) is 13.6 Å². The van der Waals surface area contributed by atoms with Gasteiger partial charge in [-0.25, -0.2) is 18.7 Å². The maximum absolute atomic E-state index is 14.0. The number of aromatic nitrogens is 2. The first-order chi connectivity index (χ1) is 10.6. The molecule has 8 heteroatoms. The van der Waals surface area contributed by atoms with E-state index in [1.807, 2.05) is 0 Å². The Morgan fingerprint density at radius 3 is 2.86 bits per heavy atom. The molecule has 3 rings (SSSR count). The molecule has 0 radical (unpaired) electrons. The lowest BCUT2D eigenvalue weighted by Gasteiger charge is -2.06. The number of carbonyl (C=O) groups excluding carboxylic acids is 1. The average molecular weight is 321 g/mol. The maximum atomic E-state index is 14.0. The van der Waals surface area contributed by atoms with Gasteiger partial charge in [0.1, 0.15) is 17.2 Å². The van der Waals surface area contributed by atoms with Gasteiger partial charge < -0.3 is 10.1 Å². The zero-order valence-electron chi connectivity index (χ0n) is 11.3. The Morgan fingerprint density at radius 1 is 1.32 bits per heavy atom. The molecule has 0 saturated carbocycles. The smallest absolute Gasteiger partial charge is 0.241 e. The number of benzene rings is 1. The summed E-state index contributed by atoms with van der Waals surface area (Å²) in [5.74, 6) is -0.894. The third kappa shape index (κ3) is 2.37. The largest absolute Gasteiger partial charge is 0.479 e. The number of hydrogen-bond donors (Lipinski definition) is 1. The van der Waals surface area contributed by atoms with Crippen LogP contribution in [0.2, 0.25) is 0 Å². The summed E-state index contributed by atoms with van der Waals surface area (Å²) in [5.41, 5.74) is 0.823. The van der Waals surface area contributed by atoms with E-state index in [4.69, 9.17) is 4.74 Å². The second-order valence-corrected chi connectivity index (χ2v) is 5.26. The Morgan fingerprint density at radius 2 is 2.14 bits per heavy atom. The summed E-state index contributed by atoms with van der Waals surface area (Å²) in [5, 5.41) is 2.74. The van der Waals surface area contributed by atoms with E-state index in [0.29, 0.717) is 27.3 Å². The molecule has 1 aromatic carbocycles. The highest BCUT2D eigenvalue weighted by Gasteiger charge is 2.18. The first-order valence-electron chi connectivity index (χ1n) is 6.13. The number of ether oxygens (including phenoxy) is 1. The van der Waals surface area contributed by atoms with Crippen LogP contribution in [0.1, 0.15) is 0 Å². The number of thiazole rings is 1. The van der Waals surface area contributed by atoms with Gasteiger partial charge in [-0.05, 0) is 18.2 Å². The maximum Gasteiger partial charge on any atom is 0.241 e. The van der Waals surface area contributed by atoms with Crippen LogP contribution in [0.3, 0.4) is 0 Å². The van der Waals surface area contributed by atoms with Gasteiger partial charge in [0.05, 0.1) is 11.8 Å². The molecule has 2 heterocycles. The van der Waals surface area contributed by atoms with Gasteiger partial charge in [0, 0.05) is 17.3 Å². The Labute approximate surface area is 127 Å². The van der Waals surface area contributed by atoms with Gasteiger partial charge in [0.2, 0.25) is 12.3 Å². The van der Waals surface area contributed by atoms with E-state index < -0.39 is 11.6 Å². The standard InChI is InChI=1S/C14H9F2N3O2S/c1-21-13-11-12(22-14(19-11)18-6-20)9(5-17-13)8-4-7(15)2-3-10(8)16/h2-6H,1H3,(H,18,19,20). The van der Waals surface area contributed by atoms with E-state index in [0.717, 1.165) is 29.5 Å². The molecule has 1 N–H and O–H groups in total. The van der Waals surface area contributed by atoms with Crippen LogP contribution < -0.4 is 10.1 Å². The van der Waals surface area contributed by atoms with Crippen molar-refractivity contribution < 1.29 is 18.3 Å². The first kappa shape index (κ1) is 14.3. The average Bonchev–Trinajstić information content (AvgIpc) is 2.93. The number of fused-ring (bicyclic) bond motifs is 1. The van der Waals surface area contributed by atoms with E-state index in [1.165, 1.54) is 13.3 Å². The number of rotatable bonds is 4. The minimum absolute atomic E-state index is 0.0708. The molecule has 0 fully saturated rings.